The van der Waals surface area contributed by atoms with Crippen LogP contribution in [0.3, 0.4) is 0 Å². The molecule has 0 spiro atoms. The normalized spacial score (nSPS) is 25.6. The number of methoxy groups -OCH3 is 1. The van der Waals surface area contributed by atoms with E-state index in [0.717, 1.165) is 88.0 Å². The number of esters is 1. The molecule has 2 aromatic heterocycles. The Kier molecular flexibility index (Phi) is 15.1. The van der Waals surface area contributed by atoms with E-state index in [1.165, 1.54) is 17.9 Å². The van der Waals surface area contributed by atoms with Gasteiger partial charge in [0.15, 0.2) is 0 Å². The molecule has 16 heteroatoms. The van der Waals surface area contributed by atoms with Gasteiger partial charge in [0.05, 0.1) is 48.6 Å². The number of anilines is 1. The van der Waals surface area contributed by atoms with Gasteiger partial charge in [0.25, 0.3) is 5.91 Å². The minimum atomic E-state index is -1.01. The molecule has 3 amide bonds. The summed E-state index contributed by atoms with van der Waals surface area (Å²) in [5, 5.41) is 5.68. The second-order valence-corrected chi connectivity index (χ2v) is 22.8. The number of likely N-dealkylation sites (tertiary alicyclic amines) is 1. The molecule has 398 valence electrons. The number of nitrogens with one attached hydrogen (secondary N) is 2. The maximum absolute atomic E-state index is 14.9. The molecule has 74 heavy (non-hydrogen) atoms. The topological polar surface area (TPSA) is 160 Å². The SMILES string of the molecule is CCC(=O)N1CC[C@@H]2COC(C(C)C)C(=O)N[C@H]3Cc4cc(cc(c4)-c4ccc5c(c4)c(c(-c4cc(N6CCN(C7CC7)CC6)cnc4[C@H](C)OC)n5CC)CC(C)(C)COC(=O)[C@@H]4CCCN(N4)C3=O)OC[C@H]21. The highest BCUT2D eigenvalue weighted by atomic mass is 16.5. The maximum Gasteiger partial charge on any atom is 0.324 e. The molecule has 8 bridgehead atoms. The molecule has 1 aliphatic carbocycles. The number of carbonyl (C=O) groups excluding carboxylic acids is 4. The summed E-state index contributed by atoms with van der Waals surface area (Å²) in [7, 11) is 1.73. The van der Waals surface area contributed by atoms with Crippen molar-refractivity contribution in [3.63, 3.8) is 0 Å². The van der Waals surface area contributed by atoms with Crippen LogP contribution < -0.4 is 20.4 Å². The third-order valence-electron chi connectivity index (χ3n) is 16.6. The number of aryl methyl sites for hydroxylation is 1. The molecule has 1 saturated carbocycles. The van der Waals surface area contributed by atoms with Crippen molar-refractivity contribution in [2.75, 3.05) is 71.1 Å². The highest BCUT2D eigenvalue weighted by molar-refractivity contribution is 5.96. The number of nitrogens with zero attached hydrogens (tertiary/aromatic N) is 6. The number of carbonyl (C=O) groups is 4. The predicted molar refractivity (Wildman–Crippen MR) is 284 cm³/mol. The van der Waals surface area contributed by atoms with E-state index in [4.69, 9.17) is 23.9 Å². The first kappa shape index (κ1) is 51.9. The van der Waals surface area contributed by atoms with E-state index >= 15 is 0 Å². The van der Waals surface area contributed by atoms with Crippen LogP contribution >= 0.6 is 0 Å². The van der Waals surface area contributed by atoms with Crippen LogP contribution in [0.5, 0.6) is 5.75 Å². The fourth-order valence-corrected chi connectivity index (χ4v) is 12.2. The van der Waals surface area contributed by atoms with Crippen molar-refractivity contribution in [1.29, 1.82) is 0 Å². The van der Waals surface area contributed by atoms with Crippen LogP contribution in [0.25, 0.3) is 33.3 Å². The third-order valence-corrected chi connectivity index (χ3v) is 16.6. The van der Waals surface area contributed by atoms with Gasteiger partial charge >= 0.3 is 5.97 Å². The van der Waals surface area contributed by atoms with Crippen molar-refractivity contribution in [2.24, 2.45) is 17.3 Å². The highest BCUT2D eigenvalue weighted by Crippen LogP contribution is 2.44. The van der Waals surface area contributed by atoms with Gasteiger partial charge in [0, 0.05) is 99.6 Å². The zero-order valence-electron chi connectivity index (χ0n) is 44.9. The summed E-state index contributed by atoms with van der Waals surface area (Å²) in [6, 6.07) is 13.8. The molecule has 4 aromatic rings. The van der Waals surface area contributed by atoms with E-state index in [0.29, 0.717) is 57.5 Å². The van der Waals surface area contributed by atoms with Gasteiger partial charge in [-0.1, -0.05) is 46.8 Å². The fraction of sp³-hybridized carbons (Fsp3) is 0.603. The second-order valence-electron chi connectivity index (χ2n) is 22.8. The maximum atomic E-state index is 14.9. The Hall–Kier alpha value is -5.55. The Morgan fingerprint density at radius 2 is 1.69 bits per heavy atom. The van der Waals surface area contributed by atoms with Gasteiger partial charge in [0.2, 0.25) is 11.8 Å². The number of ether oxygens (including phenoxy) is 4. The molecule has 7 heterocycles. The number of rotatable bonds is 8. The second kappa shape index (κ2) is 21.6. The molecule has 1 unspecified atom stereocenters. The molecule has 4 fully saturated rings. The lowest BCUT2D eigenvalue weighted by atomic mass is 9.84. The van der Waals surface area contributed by atoms with Crippen molar-refractivity contribution in [3.8, 4) is 28.1 Å². The van der Waals surface area contributed by atoms with E-state index in [2.05, 4.69) is 89.2 Å². The van der Waals surface area contributed by atoms with Crippen LogP contribution in [-0.4, -0.2) is 145 Å². The average Bonchev–Trinajstić information content (AvgIpc) is 4.12. The summed E-state index contributed by atoms with van der Waals surface area (Å²) >= 11 is 0. The van der Waals surface area contributed by atoms with E-state index in [9.17, 15) is 19.2 Å². The van der Waals surface area contributed by atoms with Crippen LogP contribution in [0.4, 0.5) is 5.69 Å². The van der Waals surface area contributed by atoms with E-state index in [1.807, 2.05) is 37.9 Å². The smallest absolute Gasteiger partial charge is 0.324 e. The quantitative estimate of drug-likeness (QED) is 0.173. The zero-order chi connectivity index (χ0) is 52.0. The number of fused-ring (bicyclic) bond motifs is 8. The zero-order valence-corrected chi connectivity index (χ0v) is 44.9. The van der Waals surface area contributed by atoms with Crippen LogP contribution in [-0.2, 0) is 52.8 Å². The van der Waals surface area contributed by atoms with Crippen molar-refractivity contribution < 1.29 is 38.1 Å². The first-order valence-electron chi connectivity index (χ1n) is 27.5. The number of amides is 3. The van der Waals surface area contributed by atoms with Crippen LogP contribution in [0.1, 0.15) is 110 Å². The molecule has 0 radical (unpaired) electrons. The molecular formula is C58H78N8O8. The molecule has 3 saturated heterocycles. The van der Waals surface area contributed by atoms with Crippen LogP contribution in [0.2, 0.25) is 0 Å². The average molecular weight is 1020 g/mol. The Morgan fingerprint density at radius 3 is 2.42 bits per heavy atom. The molecule has 2 N–H and O–H groups in total. The van der Waals surface area contributed by atoms with Gasteiger partial charge < -0.3 is 38.6 Å². The molecule has 6 aliphatic rings. The summed E-state index contributed by atoms with van der Waals surface area (Å²) in [6.07, 6.45) is 6.32. The number of hydrazine groups is 1. The monoisotopic (exact) mass is 1010 g/mol. The number of benzene rings is 2. The van der Waals surface area contributed by atoms with E-state index in [-0.39, 0.29) is 67.9 Å². The molecule has 10 rings (SSSR count). The number of hydrogen-bond donors (Lipinski definition) is 2. The minimum Gasteiger partial charge on any atom is -0.491 e. The number of hydrogen-bond acceptors (Lipinski definition) is 12. The molecule has 16 nitrogen and oxygen atoms in total. The lowest BCUT2D eigenvalue weighted by Crippen LogP contribution is -2.61. The van der Waals surface area contributed by atoms with Crippen molar-refractivity contribution in [1.82, 2.24) is 35.1 Å². The van der Waals surface area contributed by atoms with Crippen LogP contribution in [0, 0.1) is 17.3 Å². The van der Waals surface area contributed by atoms with Crippen LogP contribution in [0.15, 0.2) is 48.7 Å². The van der Waals surface area contributed by atoms with Gasteiger partial charge in [0.1, 0.15) is 30.5 Å². The van der Waals surface area contributed by atoms with E-state index in [1.54, 1.807) is 7.11 Å². The summed E-state index contributed by atoms with van der Waals surface area (Å²) < 4.78 is 28.0. The lowest BCUT2D eigenvalue weighted by molar-refractivity contribution is -0.156. The van der Waals surface area contributed by atoms with Gasteiger partial charge in [-0.15, -0.1) is 0 Å². The van der Waals surface area contributed by atoms with Gasteiger partial charge in [-0.05, 0) is 111 Å². The Morgan fingerprint density at radius 1 is 0.892 bits per heavy atom. The van der Waals surface area contributed by atoms with E-state index < -0.39 is 29.6 Å². The summed E-state index contributed by atoms with van der Waals surface area (Å²) in [5.74, 6) is -0.787. The Bertz CT molecular complexity index is 2740. The first-order chi connectivity index (χ1) is 35.6. The standard InChI is InChI=1S/C58H78N8O8/c1-9-51(67)65-19-17-39-32-73-54(35(3)4)55(68)60-48-26-37-24-40(27-43(25-37)72-33-50(39)65)38-13-16-49-44(28-38)46(30-58(6,7)34-74-57(70)47-12-11-18-66(61-47)56(48)69)53(64(49)10-2)45-29-42(31-59-52(45)36(5)71-8)63-22-20-62(21-23-63)41-14-15-41/h13,16,24-25,27-29,31,35-36,39,41,47-48,50,54,61H,9-12,14-15,17-23,26,30,32-34H2,1-8H3,(H,60,68)/t36-,39+,47-,48-,50+,54?/m0/s1. The lowest BCUT2D eigenvalue weighted by Gasteiger charge is -2.36. The van der Waals surface area contributed by atoms with Crippen molar-refractivity contribution in [2.45, 2.75) is 143 Å². The van der Waals surface area contributed by atoms with Crippen molar-refractivity contribution in [3.05, 3.63) is 65.5 Å². The van der Waals surface area contributed by atoms with Gasteiger partial charge in [-0.3, -0.25) is 34.1 Å². The van der Waals surface area contributed by atoms with Crippen molar-refractivity contribution >= 4 is 40.3 Å². The first-order valence-corrected chi connectivity index (χ1v) is 27.5. The largest absolute Gasteiger partial charge is 0.491 e. The molecule has 2 aromatic carbocycles. The molecule has 5 aliphatic heterocycles. The Labute approximate surface area is 436 Å². The minimum absolute atomic E-state index is 0.0568. The Balaban J connectivity index is 1.14. The number of piperazine rings is 1. The highest BCUT2D eigenvalue weighted by Gasteiger charge is 2.41. The fourth-order valence-electron chi connectivity index (χ4n) is 12.2. The summed E-state index contributed by atoms with van der Waals surface area (Å²) in [6.45, 7) is 20.5. The predicted octanol–water partition coefficient (Wildman–Crippen LogP) is 7.09. The number of aromatic nitrogens is 2. The van der Waals surface area contributed by atoms with Gasteiger partial charge in [-0.2, -0.15) is 0 Å². The molecular weight excluding hydrogens is 937 g/mol. The number of cyclic esters (lactones) is 1. The third kappa shape index (κ3) is 10.7. The summed E-state index contributed by atoms with van der Waals surface area (Å²) in [5.41, 5.74) is 11.5. The van der Waals surface area contributed by atoms with Gasteiger partial charge in [-0.25, -0.2) is 5.43 Å². The number of pyridine rings is 1. The molecule has 6 atom stereocenters. The summed E-state index contributed by atoms with van der Waals surface area (Å²) in [4.78, 5) is 69.2.